The summed E-state index contributed by atoms with van der Waals surface area (Å²) in [6.45, 7) is 4.97. The van der Waals surface area contributed by atoms with Gasteiger partial charge in [0.15, 0.2) is 0 Å². The molecule has 0 aromatic heterocycles. The smallest absolute Gasteiger partial charge is 0.269 e. The fraction of sp³-hybridized carbons (Fsp3) is 0.216. The van der Waals surface area contributed by atoms with Crippen molar-refractivity contribution in [3.05, 3.63) is 148 Å². The van der Waals surface area contributed by atoms with E-state index in [4.69, 9.17) is 0 Å². The summed E-state index contributed by atoms with van der Waals surface area (Å²) in [6, 6.07) is 37.6. The van der Waals surface area contributed by atoms with Crippen molar-refractivity contribution in [2.45, 2.75) is 48.7 Å². The maximum atomic E-state index is 14.5. The van der Waals surface area contributed by atoms with Crippen LogP contribution >= 0.6 is 11.8 Å². The van der Waals surface area contributed by atoms with Crippen molar-refractivity contribution >= 4 is 34.1 Å². The molecule has 0 bridgehead atoms. The van der Waals surface area contributed by atoms with E-state index in [-0.39, 0.29) is 22.6 Å². The molecule has 6 rings (SSSR count). The summed E-state index contributed by atoms with van der Waals surface area (Å²) < 4.78 is 0. The third-order valence-corrected chi connectivity index (χ3v) is 9.50. The molecule has 1 fully saturated rings. The molecule has 0 atom stereocenters. The van der Waals surface area contributed by atoms with Crippen LogP contribution in [0, 0.1) is 17.0 Å². The Morgan fingerprint density at radius 1 is 0.886 bits per heavy atom. The molecule has 0 spiro atoms. The summed E-state index contributed by atoms with van der Waals surface area (Å²) in [7, 11) is 0. The monoisotopic (exact) mass is 601 g/mol. The van der Waals surface area contributed by atoms with Crippen molar-refractivity contribution in [1.29, 1.82) is 0 Å². The van der Waals surface area contributed by atoms with Gasteiger partial charge in [0, 0.05) is 59.7 Å². The number of nitrogens with zero attached hydrogens (tertiary/aromatic N) is 3. The van der Waals surface area contributed by atoms with Gasteiger partial charge in [-0.1, -0.05) is 96.2 Å². The number of hydrogen-bond acceptors (Lipinski definition) is 5. The van der Waals surface area contributed by atoms with Gasteiger partial charge in [-0.2, -0.15) is 0 Å². The predicted octanol–water partition coefficient (Wildman–Crippen LogP) is 8.51. The third-order valence-electron chi connectivity index (χ3n) is 8.37. The van der Waals surface area contributed by atoms with Crippen LogP contribution in [0.5, 0.6) is 0 Å². The van der Waals surface area contributed by atoms with Gasteiger partial charge in [-0.3, -0.25) is 19.8 Å². The van der Waals surface area contributed by atoms with Gasteiger partial charge < -0.3 is 4.90 Å². The molecule has 0 radical (unpaired) electrons. The van der Waals surface area contributed by atoms with Crippen molar-refractivity contribution in [3.8, 4) is 0 Å². The molecule has 0 saturated carbocycles. The number of non-ortho nitro benzene ring substituents is 1. The quantitative estimate of drug-likeness (QED) is 0.125. The molecule has 1 amide bonds. The predicted molar refractivity (Wildman–Crippen MR) is 177 cm³/mol. The van der Waals surface area contributed by atoms with Crippen LogP contribution < -0.4 is 0 Å². The van der Waals surface area contributed by atoms with Crippen molar-refractivity contribution in [1.82, 2.24) is 9.80 Å². The molecule has 222 valence electrons. The number of likely N-dealkylation sites (tertiary alicyclic amines) is 1. The van der Waals surface area contributed by atoms with Gasteiger partial charge in [0.25, 0.3) is 11.6 Å². The highest BCUT2D eigenvalue weighted by Gasteiger charge is 2.30. The second-order valence-electron chi connectivity index (χ2n) is 11.4. The Kier molecular flexibility index (Phi) is 9.05. The molecular formula is C37H35N3O3S. The highest BCUT2D eigenvalue weighted by Crippen LogP contribution is 2.35. The van der Waals surface area contributed by atoms with Crippen LogP contribution in [0.2, 0.25) is 0 Å². The zero-order valence-electron chi connectivity index (χ0n) is 24.8. The Balaban J connectivity index is 1.33. The van der Waals surface area contributed by atoms with E-state index in [1.165, 1.54) is 11.1 Å². The molecule has 0 unspecified atom stereocenters. The lowest BCUT2D eigenvalue weighted by atomic mass is 9.98. The standard InChI is InChI=1S/C37H35N3O3S/c1-27-14-17-33(18-15-27)44-36-19-16-32(40(42)43)24-30(36)26-39(37(41)35-13-7-11-29-10-5-6-12-34(29)35)31-20-22-38(23-21-31)25-28-8-3-2-4-9-28/h2-19,24,31H,20-23,25-26H2,1H3. The molecule has 0 aliphatic carbocycles. The SMILES string of the molecule is Cc1ccc(Sc2ccc([N+](=O)[O-])cc2CN(C(=O)c2cccc3ccccc23)C2CCN(Cc3ccccc3)CC2)cc1. The Morgan fingerprint density at radius 2 is 1.59 bits per heavy atom. The number of rotatable bonds is 9. The lowest BCUT2D eigenvalue weighted by Gasteiger charge is -2.39. The minimum absolute atomic E-state index is 0.00461. The third kappa shape index (κ3) is 6.85. The van der Waals surface area contributed by atoms with Gasteiger partial charge in [0.1, 0.15) is 0 Å². The molecule has 1 aliphatic heterocycles. The second kappa shape index (κ2) is 13.5. The minimum atomic E-state index is -0.358. The summed E-state index contributed by atoms with van der Waals surface area (Å²) in [5.74, 6) is -0.0406. The summed E-state index contributed by atoms with van der Waals surface area (Å²) in [4.78, 5) is 32.4. The number of amides is 1. The Labute approximate surface area is 262 Å². The summed E-state index contributed by atoms with van der Waals surface area (Å²) in [5, 5.41) is 13.8. The van der Waals surface area contributed by atoms with Crippen LogP contribution in [0.15, 0.2) is 125 Å². The average molecular weight is 602 g/mol. The zero-order valence-corrected chi connectivity index (χ0v) is 25.6. The number of carbonyl (C=O) groups excluding carboxylic acids is 1. The van der Waals surface area contributed by atoms with Crippen LogP contribution in [0.1, 0.15) is 39.9 Å². The van der Waals surface area contributed by atoms with E-state index in [1.807, 2.05) is 66.4 Å². The van der Waals surface area contributed by atoms with Crippen LogP contribution in [0.4, 0.5) is 5.69 Å². The van der Waals surface area contributed by atoms with Crippen molar-refractivity contribution in [2.75, 3.05) is 13.1 Å². The van der Waals surface area contributed by atoms with Crippen molar-refractivity contribution < 1.29 is 9.72 Å². The molecular weight excluding hydrogens is 566 g/mol. The fourth-order valence-corrected chi connectivity index (χ4v) is 6.90. The van der Waals surface area contributed by atoms with Crippen LogP contribution in [0.25, 0.3) is 10.8 Å². The summed E-state index contributed by atoms with van der Waals surface area (Å²) >= 11 is 1.57. The summed E-state index contributed by atoms with van der Waals surface area (Å²) in [5.41, 5.74) is 3.93. The topological polar surface area (TPSA) is 66.7 Å². The van der Waals surface area contributed by atoms with Crippen LogP contribution in [0.3, 0.4) is 0 Å². The van der Waals surface area contributed by atoms with Crippen molar-refractivity contribution in [3.63, 3.8) is 0 Å². The molecule has 6 nitrogen and oxygen atoms in total. The van der Waals surface area contributed by atoms with Gasteiger partial charge in [0.2, 0.25) is 0 Å². The molecule has 1 aliphatic rings. The van der Waals surface area contributed by atoms with E-state index in [0.717, 1.165) is 58.6 Å². The normalized spacial score (nSPS) is 14.0. The average Bonchev–Trinajstić information content (AvgIpc) is 3.05. The van der Waals surface area contributed by atoms with Gasteiger partial charge in [-0.05, 0) is 65.9 Å². The first-order valence-corrected chi connectivity index (χ1v) is 15.8. The molecule has 1 saturated heterocycles. The Bertz CT molecular complexity index is 1760. The first kappa shape index (κ1) is 29.6. The molecule has 7 heteroatoms. The molecule has 0 N–H and O–H groups in total. The number of piperidine rings is 1. The van der Waals surface area contributed by atoms with Gasteiger partial charge >= 0.3 is 0 Å². The first-order valence-electron chi connectivity index (χ1n) is 15.0. The van der Waals surface area contributed by atoms with Crippen molar-refractivity contribution in [2.24, 2.45) is 0 Å². The van der Waals surface area contributed by atoms with E-state index >= 15 is 0 Å². The second-order valence-corrected chi connectivity index (χ2v) is 12.5. The number of aryl methyl sites for hydroxylation is 1. The van der Waals surface area contributed by atoms with Gasteiger partial charge in [0.05, 0.1) is 4.92 Å². The molecule has 44 heavy (non-hydrogen) atoms. The highest BCUT2D eigenvalue weighted by molar-refractivity contribution is 7.99. The van der Waals surface area contributed by atoms with Crippen LogP contribution in [-0.2, 0) is 13.1 Å². The maximum absolute atomic E-state index is 14.5. The number of hydrogen-bond donors (Lipinski definition) is 0. The lowest BCUT2D eigenvalue weighted by molar-refractivity contribution is -0.385. The van der Waals surface area contributed by atoms with E-state index in [2.05, 4.69) is 53.4 Å². The van der Waals surface area contributed by atoms with E-state index < -0.39 is 0 Å². The Morgan fingerprint density at radius 3 is 2.34 bits per heavy atom. The number of benzene rings is 5. The number of fused-ring (bicyclic) bond motifs is 1. The summed E-state index contributed by atoms with van der Waals surface area (Å²) in [6.07, 6.45) is 1.66. The molecule has 5 aromatic rings. The van der Waals surface area contributed by atoms with Gasteiger partial charge in [-0.25, -0.2) is 0 Å². The molecule has 1 heterocycles. The zero-order chi connectivity index (χ0) is 30.5. The minimum Gasteiger partial charge on any atom is -0.331 e. The molecule has 5 aromatic carbocycles. The largest absolute Gasteiger partial charge is 0.331 e. The lowest BCUT2D eigenvalue weighted by Crippen LogP contribution is -2.47. The number of nitro benzene ring substituents is 1. The van der Waals surface area contributed by atoms with E-state index in [0.29, 0.717) is 12.1 Å². The fourth-order valence-electron chi connectivity index (χ4n) is 5.98. The van der Waals surface area contributed by atoms with E-state index in [9.17, 15) is 14.9 Å². The van der Waals surface area contributed by atoms with Crippen LogP contribution in [-0.4, -0.2) is 39.8 Å². The van der Waals surface area contributed by atoms with Gasteiger partial charge in [-0.15, -0.1) is 0 Å². The maximum Gasteiger partial charge on any atom is 0.269 e. The first-order chi connectivity index (χ1) is 21.4. The number of nitro groups is 1. The highest BCUT2D eigenvalue weighted by atomic mass is 32.2. The number of carbonyl (C=O) groups is 1. The Hall–Kier alpha value is -4.46. The van der Waals surface area contributed by atoms with E-state index in [1.54, 1.807) is 23.9 Å².